The minimum Gasteiger partial charge on any atom is -0.390 e. The van der Waals surface area contributed by atoms with E-state index in [-0.39, 0.29) is 23.6 Å². The minimum atomic E-state index is -3.31. The number of anilines is 2. The second kappa shape index (κ2) is 8.80. The zero-order chi connectivity index (χ0) is 22.8. The fourth-order valence-corrected chi connectivity index (χ4v) is 2.83. The molecule has 0 aliphatic carbocycles. The zero-order valence-corrected chi connectivity index (χ0v) is 16.2. The van der Waals surface area contributed by atoms with Crippen LogP contribution in [-0.2, 0) is 13.0 Å². The Morgan fingerprint density at radius 1 is 1.10 bits per heavy atom. The fourth-order valence-electron chi connectivity index (χ4n) is 2.83. The van der Waals surface area contributed by atoms with Crippen molar-refractivity contribution in [3.8, 4) is 0 Å². The molecule has 31 heavy (non-hydrogen) atoms. The molecule has 0 saturated heterocycles. The van der Waals surface area contributed by atoms with E-state index in [9.17, 15) is 26.7 Å². The predicted molar refractivity (Wildman–Crippen MR) is 102 cm³/mol. The lowest BCUT2D eigenvalue weighted by Gasteiger charge is -2.17. The van der Waals surface area contributed by atoms with E-state index in [2.05, 4.69) is 15.4 Å². The van der Waals surface area contributed by atoms with Gasteiger partial charge in [-0.05, 0) is 41.8 Å². The number of aliphatic hydroxyl groups excluding tert-OH is 1. The van der Waals surface area contributed by atoms with Gasteiger partial charge in [-0.2, -0.15) is 10.1 Å². The Labute approximate surface area is 173 Å². The Kier molecular flexibility index (Phi) is 6.34. The van der Waals surface area contributed by atoms with E-state index >= 15 is 0 Å². The van der Waals surface area contributed by atoms with Crippen molar-refractivity contribution < 1.29 is 27.1 Å². The molecular formula is C20H17F5N4O2. The van der Waals surface area contributed by atoms with Crippen LogP contribution in [0.15, 0.2) is 41.3 Å². The Bertz CT molecular complexity index is 1140. The first-order valence-corrected chi connectivity index (χ1v) is 9.01. The first kappa shape index (κ1) is 22.3. The average Bonchev–Trinajstić information content (AvgIpc) is 2.70. The highest BCUT2D eigenvalue weighted by molar-refractivity contribution is 5.59. The number of benzene rings is 2. The summed E-state index contributed by atoms with van der Waals surface area (Å²) in [5, 5.41) is 15.4. The molecule has 11 heteroatoms. The van der Waals surface area contributed by atoms with Crippen molar-refractivity contribution in [2.45, 2.75) is 25.8 Å². The van der Waals surface area contributed by atoms with Crippen molar-refractivity contribution >= 4 is 11.6 Å². The Hall–Kier alpha value is -3.34. The molecule has 3 rings (SSSR count). The predicted octanol–water partition coefficient (Wildman–Crippen LogP) is 3.33. The summed E-state index contributed by atoms with van der Waals surface area (Å²) in [6, 6.07) is 6.00. The number of nitrogens with zero attached hydrogens (tertiary/aromatic N) is 3. The molecule has 0 amide bonds. The summed E-state index contributed by atoms with van der Waals surface area (Å²) in [6.07, 6.45) is 0.173. The summed E-state index contributed by atoms with van der Waals surface area (Å²) in [4.78, 5) is 15.5. The van der Waals surface area contributed by atoms with Crippen LogP contribution in [-0.4, -0.2) is 32.4 Å². The molecule has 0 spiro atoms. The van der Waals surface area contributed by atoms with E-state index in [0.29, 0.717) is 11.3 Å². The molecule has 0 aliphatic rings. The summed E-state index contributed by atoms with van der Waals surface area (Å²) >= 11 is 0. The van der Waals surface area contributed by atoms with E-state index in [1.54, 1.807) is 13.0 Å². The van der Waals surface area contributed by atoms with Crippen LogP contribution in [0.5, 0.6) is 0 Å². The highest BCUT2D eigenvalue weighted by Gasteiger charge is 2.28. The number of halogens is 5. The van der Waals surface area contributed by atoms with E-state index < -0.39 is 42.0 Å². The van der Waals surface area contributed by atoms with Gasteiger partial charge in [0.25, 0.3) is 11.5 Å². The third-order valence-corrected chi connectivity index (χ3v) is 4.39. The molecule has 0 atom stereocenters. The van der Waals surface area contributed by atoms with Crippen molar-refractivity contribution in [3.63, 3.8) is 0 Å². The molecule has 1 heterocycles. The lowest BCUT2D eigenvalue weighted by molar-refractivity contribution is -0.0488. The van der Waals surface area contributed by atoms with Crippen LogP contribution in [0.4, 0.5) is 33.6 Å². The zero-order valence-electron chi connectivity index (χ0n) is 16.2. The highest BCUT2D eigenvalue weighted by atomic mass is 19.3. The maximum atomic E-state index is 13.5. The van der Waals surface area contributed by atoms with Crippen LogP contribution in [0, 0.1) is 24.4 Å². The maximum Gasteiger partial charge on any atom is 0.293 e. The molecule has 0 radical (unpaired) electrons. The monoisotopic (exact) mass is 440 g/mol. The number of hydrogen-bond acceptors (Lipinski definition) is 5. The normalized spacial score (nSPS) is 11.6. The third-order valence-electron chi connectivity index (χ3n) is 4.39. The minimum absolute atomic E-state index is 0.0189. The lowest BCUT2D eigenvalue weighted by atomic mass is 10.0. The van der Waals surface area contributed by atoms with Crippen LogP contribution >= 0.6 is 0 Å². The van der Waals surface area contributed by atoms with Gasteiger partial charge in [-0.1, -0.05) is 12.1 Å². The molecule has 0 fully saturated rings. The number of nitrogens with one attached hydrogen (secondary N) is 1. The standard InChI is InChI=1S/C20H17F5N4O2/c1-11-2-3-12(7-20(24,25)10-30)6-16(11)27-19-28-17(31)8-26-29(19)9-13-4-14(21)18(23)15(22)5-13/h2-6,8,30H,7,9-10H2,1H3,(H,27,28,31). The number of aryl methyl sites for hydroxylation is 1. The topological polar surface area (TPSA) is 80.0 Å². The molecule has 0 bridgehead atoms. The van der Waals surface area contributed by atoms with Crippen molar-refractivity contribution in [2.75, 3.05) is 11.9 Å². The van der Waals surface area contributed by atoms with Crippen molar-refractivity contribution in [1.29, 1.82) is 0 Å². The van der Waals surface area contributed by atoms with Gasteiger partial charge in [0.15, 0.2) is 17.5 Å². The van der Waals surface area contributed by atoms with Crippen LogP contribution in [0.3, 0.4) is 0 Å². The van der Waals surface area contributed by atoms with E-state index in [0.717, 1.165) is 23.0 Å². The molecule has 3 aromatic rings. The number of hydrogen-bond donors (Lipinski definition) is 2. The molecule has 1 aromatic heterocycles. The largest absolute Gasteiger partial charge is 0.390 e. The second-order valence-electron chi connectivity index (χ2n) is 6.91. The maximum absolute atomic E-state index is 13.5. The molecule has 0 aliphatic heterocycles. The SMILES string of the molecule is Cc1ccc(CC(F)(F)CO)cc1Nc1nc(=O)cnn1Cc1cc(F)c(F)c(F)c1. The number of aliphatic hydroxyl groups is 1. The fraction of sp³-hybridized carbons (Fsp3) is 0.250. The van der Waals surface area contributed by atoms with Crippen LogP contribution in [0.1, 0.15) is 16.7 Å². The molecule has 0 saturated carbocycles. The van der Waals surface area contributed by atoms with Gasteiger partial charge >= 0.3 is 0 Å². The highest BCUT2D eigenvalue weighted by Crippen LogP contribution is 2.25. The summed E-state index contributed by atoms with van der Waals surface area (Å²) in [5.41, 5.74) is 0.477. The average molecular weight is 440 g/mol. The molecule has 2 aromatic carbocycles. The number of aromatic nitrogens is 3. The Morgan fingerprint density at radius 3 is 2.42 bits per heavy atom. The van der Waals surface area contributed by atoms with Crippen molar-refractivity contribution in [2.24, 2.45) is 0 Å². The van der Waals surface area contributed by atoms with Gasteiger partial charge in [-0.15, -0.1) is 0 Å². The van der Waals surface area contributed by atoms with Gasteiger partial charge in [0, 0.05) is 12.1 Å². The van der Waals surface area contributed by atoms with Gasteiger partial charge in [-0.3, -0.25) is 4.79 Å². The summed E-state index contributed by atoms with van der Waals surface area (Å²) in [5.74, 6) is -7.80. The van der Waals surface area contributed by atoms with Crippen molar-refractivity contribution in [1.82, 2.24) is 14.8 Å². The van der Waals surface area contributed by atoms with Gasteiger partial charge in [-0.25, -0.2) is 26.6 Å². The Morgan fingerprint density at radius 2 is 1.77 bits per heavy atom. The molecule has 164 valence electrons. The van der Waals surface area contributed by atoms with Gasteiger partial charge < -0.3 is 10.4 Å². The number of alkyl halides is 2. The first-order valence-electron chi connectivity index (χ1n) is 9.01. The molecule has 6 nitrogen and oxygen atoms in total. The van der Waals surface area contributed by atoms with Crippen LogP contribution < -0.4 is 10.9 Å². The van der Waals surface area contributed by atoms with E-state index in [1.165, 1.54) is 12.1 Å². The molecular weight excluding hydrogens is 423 g/mol. The van der Waals surface area contributed by atoms with Crippen LogP contribution in [0.25, 0.3) is 0 Å². The van der Waals surface area contributed by atoms with E-state index in [4.69, 9.17) is 5.11 Å². The quantitative estimate of drug-likeness (QED) is 0.435. The molecule has 0 unspecified atom stereocenters. The second-order valence-corrected chi connectivity index (χ2v) is 6.91. The van der Waals surface area contributed by atoms with Crippen molar-refractivity contribution in [3.05, 3.63) is 81.0 Å². The van der Waals surface area contributed by atoms with Gasteiger partial charge in [0.1, 0.15) is 12.8 Å². The number of rotatable bonds is 7. The van der Waals surface area contributed by atoms with Gasteiger partial charge in [0.05, 0.1) is 6.54 Å². The summed E-state index contributed by atoms with van der Waals surface area (Å²) in [7, 11) is 0. The van der Waals surface area contributed by atoms with Crippen LogP contribution in [0.2, 0.25) is 0 Å². The third kappa shape index (κ3) is 5.43. The smallest absolute Gasteiger partial charge is 0.293 e. The first-order chi connectivity index (χ1) is 14.6. The molecule has 2 N–H and O–H groups in total. The summed E-state index contributed by atoms with van der Waals surface area (Å²) in [6.45, 7) is 0.114. The summed E-state index contributed by atoms with van der Waals surface area (Å²) < 4.78 is 68.4. The lowest BCUT2D eigenvalue weighted by Crippen LogP contribution is -2.24. The van der Waals surface area contributed by atoms with Gasteiger partial charge in [0.2, 0.25) is 5.95 Å². The van der Waals surface area contributed by atoms with E-state index in [1.807, 2.05) is 0 Å². The Balaban J connectivity index is 1.94.